The molecule has 18 heavy (non-hydrogen) atoms. The minimum atomic E-state index is 0.108. The summed E-state index contributed by atoms with van der Waals surface area (Å²) in [6.45, 7) is 2.16. The minimum Gasteiger partial charge on any atom is -0.496 e. The molecule has 0 amide bonds. The van der Waals surface area contributed by atoms with Crippen molar-refractivity contribution in [2.75, 3.05) is 13.7 Å². The van der Waals surface area contributed by atoms with E-state index in [-0.39, 0.29) is 6.61 Å². The number of ether oxygens (including phenoxy) is 1. The summed E-state index contributed by atoms with van der Waals surface area (Å²) in [5.74, 6) is 0.879. The Morgan fingerprint density at radius 1 is 1.17 bits per heavy atom. The SMILES string of the molecule is CCC(=Cc1ccc(OC)c2ccccc12)CO. The Balaban J connectivity index is 2.63. The van der Waals surface area contributed by atoms with Crippen LogP contribution >= 0.6 is 0 Å². The zero-order valence-corrected chi connectivity index (χ0v) is 10.8. The zero-order chi connectivity index (χ0) is 13.0. The van der Waals surface area contributed by atoms with Gasteiger partial charge in [-0.3, -0.25) is 0 Å². The molecule has 2 rings (SSSR count). The third-order valence-corrected chi connectivity index (χ3v) is 3.15. The van der Waals surface area contributed by atoms with E-state index in [9.17, 15) is 5.11 Å². The van der Waals surface area contributed by atoms with Gasteiger partial charge in [-0.25, -0.2) is 0 Å². The van der Waals surface area contributed by atoms with Crippen molar-refractivity contribution in [2.45, 2.75) is 13.3 Å². The second-order valence-corrected chi connectivity index (χ2v) is 4.22. The molecule has 0 aliphatic carbocycles. The lowest BCUT2D eigenvalue weighted by molar-refractivity contribution is 0.329. The van der Waals surface area contributed by atoms with Crippen LogP contribution in [0.2, 0.25) is 0 Å². The highest BCUT2D eigenvalue weighted by Gasteiger charge is 2.04. The fraction of sp³-hybridized carbons (Fsp3) is 0.250. The van der Waals surface area contributed by atoms with Gasteiger partial charge in [0, 0.05) is 5.39 Å². The molecule has 2 aromatic carbocycles. The molecule has 0 fully saturated rings. The Morgan fingerprint density at radius 3 is 2.50 bits per heavy atom. The standard InChI is InChI=1S/C16H18O2/c1-3-12(11-17)10-13-8-9-16(18-2)15-7-5-4-6-14(13)15/h4-10,17H,3,11H2,1-2H3. The van der Waals surface area contributed by atoms with Crippen LogP contribution in [0.25, 0.3) is 16.8 Å². The zero-order valence-electron chi connectivity index (χ0n) is 10.8. The molecule has 0 aliphatic heterocycles. The first-order valence-electron chi connectivity index (χ1n) is 6.16. The van der Waals surface area contributed by atoms with Crippen molar-refractivity contribution >= 4 is 16.8 Å². The number of hydrogen-bond donors (Lipinski definition) is 1. The van der Waals surface area contributed by atoms with Gasteiger partial charge >= 0.3 is 0 Å². The van der Waals surface area contributed by atoms with Crippen molar-refractivity contribution in [2.24, 2.45) is 0 Å². The quantitative estimate of drug-likeness (QED) is 0.887. The maximum Gasteiger partial charge on any atom is 0.126 e. The fourth-order valence-electron chi connectivity index (χ4n) is 2.08. The third kappa shape index (κ3) is 2.39. The van der Waals surface area contributed by atoms with Gasteiger partial charge in [-0.2, -0.15) is 0 Å². The van der Waals surface area contributed by atoms with Crippen LogP contribution in [0.15, 0.2) is 42.0 Å². The molecule has 0 saturated heterocycles. The molecule has 0 bridgehead atoms. The summed E-state index contributed by atoms with van der Waals surface area (Å²) in [6.07, 6.45) is 2.92. The number of hydrogen-bond acceptors (Lipinski definition) is 2. The summed E-state index contributed by atoms with van der Waals surface area (Å²) in [7, 11) is 1.68. The Bertz CT molecular complexity index is 564. The van der Waals surface area contributed by atoms with E-state index < -0.39 is 0 Å². The van der Waals surface area contributed by atoms with Gasteiger partial charge in [0.05, 0.1) is 13.7 Å². The molecule has 0 atom stereocenters. The predicted octanol–water partition coefficient (Wildman–Crippen LogP) is 3.63. The second-order valence-electron chi connectivity index (χ2n) is 4.22. The van der Waals surface area contributed by atoms with E-state index in [1.54, 1.807) is 7.11 Å². The van der Waals surface area contributed by atoms with Gasteiger partial charge in [-0.05, 0) is 29.0 Å². The van der Waals surface area contributed by atoms with Gasteiger partial charge in [-0.15, -0.1) is 0 Å². The van der Waals surface area contributed by atoms with Crippen LogP contribution in [0.5, 0.6) is 5.75 Å². The molecular weight excluding hydrogens is 224 g/mol. The lowest BCUT2D eigenvalue weighted by Gasteiger charge is -2.09. The van der Waals surface area contributed by atoms with Crippen molar-refractivity contribution in [3.05, 3.63) is 47.5 Å². The van der Waals surface area contributed by atoms with E-state index in [4.69, 9.17) is 4.74 Å². The van der Waals surface area contributed by atoms with E-state index in [2.05, 4.69) is 18.2 Å². The summed E-state index contributed by atoms with van der Waals surface area (Å²) >= 11 is 0. The average molecular weight is 242 g/mol. The largest absolute Gasteiger partial charge is 0.496 e. The smallest absolute Gasteiger partial charge is 0.126 e. The fourth-order valence-corrected chi connectivity index (χ4v) is 2.08. The maximum atomic E-state index is 9.27. The van der Waals surface area contributed by atoms with Crippen LogP contribution < -0.4 is 4.74 Å². The Morgan fingerprint density at radius 2 is 1.89 bits per heavy atom. The van der Waals surface area contributed by atoms with Crippen molar-refractivity contribution in [3.63, 3.8) is 0 Å². The summed E-state index contributed by atoms with van der Waals surface area (Å²) in [5.41, 5.74) is 2.16. The molecular formula is C16H18O2. The number of benzene rings is 2. The number of aliphatic hydroxyl groups excluding tert-OH is 1. The molecule has 2 heteroatoms. The molecule has 1 N–H and O–H groups in total. The van der Waals surface area contributed by atoms with Crippen LogP contribution in [0.3, 0.4) is 0 Å². The summed E-state index contributed by atoms with van der Waals surface area (Å²) in [4.78, 5) is 0. The van der Waals surface area contributed by atoms with Crippen molar-refractivity contribution < 1.29 is 9.84 Å². The Hall–Kier alpha value is -1.80. The van der Waals surface area contributed by atoms with E-state index >= 15 is 0 Å². The highest BCUT2D eigenvalue weighted by Crippen LogP contribution is 2.29. The highest BCUT2D eigenvalue weighted by atomic mass is 16.5. The van der Waals surface area contributed by atoms with Gasteiger partial charge in [0.25, 0.3) is 0 Å². The first-order chi connectivity index (χ1) is 8.80. The first-order valence-corrected chi connectivity index (χ1v) is 6.16. The molecule has 2 aromatic rings. The van der Waals surface area contributed by atoms with Crippen LogP contribution in [0.1, 0.15) is 18.9 Å². The van der Waals surface area contributed by atoms with Gasteiger partial charge in [0.1, 0.15) is 5.75 Å². The van der Waals surface area contributed by atoms with Gasteiger partial charge in [-0.1, -0.05) is 43.3 Å². The van der Waals surface area contributed by atoms with Gasteiger partial charge in [0.15, 0.2) is 0 Å². The average Bonchev–Trinajstić information content (AvgIpc) is 2.44. The van der Waals surface area contributed by atoms with E-state index in [1.165, 1.54) is 0 Å². The Labute approximate surface area is 108 Å². The molecule has 2 nitrogen and oxygen atoms in total. The highest BCUT2D eigenvalue weighted by molar-refractivity contribution is 5.95. The predicted molar refractivity (Wildman–Crippen MR) is 75.9 cm³/mol. The number of fused-ring (bicyclic) bond motifs is 1. The molecule has 0 heterocycles. The molecule has 94 valence electrons. The normalized spacial score (nSPS) is 11.8. The van der Waals surface area contributed by atoms with E-state index in [1.807, 2.05) is 31.2 Å². The maximum absolute atomic E-state index is 9.27. The van der Waals surface area contributed by atoms with Crippen molar-refractivity contribution in [1.29, 1.82) is 0 Å². The van der Waals surface area contributed by atoms with Gasteiger partial charge in [0.2, 0.25) is 0 Å². The lowest BCUT2D eigenvalue weighted by atomic mass is 10.0. The number of rotatable bonds is 4. The van der Waals surface area contributed by atoms with Gasteiger partial charge < -0.3 is 9.84 Å². The minimum absolute atomic E-state index is 0.108. The number of aliphatic hydroxyl groups is 1. The van der Waals surface area contributed by atoms with Crippen LogP contribution in [-0.2, 0) is 0 Å². The summed E-state index contributed by atoms with van der Waals surface area (Å²) < 4.78 is 5.37. The number of methoxy groups -OCH3 is 1. The Kier molecular flexibility index (Phi) is 4.00. The molecule has 0 aromatic heterocycles. The molecule has 0 saturated carbocycles. The molecule has 0 aliphatic rings. The molecule has 0 spiro atoms. The third-order valence-electron chi connectivity index (χ3n) is 3.15. The summed E-state index contributed by atoms with van der Waals surface area (Å²) in [6, 6.07) is 12.2. The first kappa shape index (κ1) is 12.7. The van der Waals surface area contributed by atoms with E-state index in [0.717, 1.165) is 34.1 Å². The van der Waals surface area contributed by atoms with Crippen molar-refractivity contribution in [1.82, 2.24) is 0 Å². The van der Waals surface area contributed by atoms with Crippen LogP contribution in [-0.4, -0.2) is 18.8 Å². The van der Waals surface area contributed by atoms with Crippen molar-refractivity contribution in [3.8, 4) is 5.75 Å². The van der Waals surface area contributed by atoms with Crippen LogP contribution in [0, 0.1) is 0 Å². The lowest BCUT2D eigenvalue weighted by Crippen LogP contribution is -1.90. The topological polar surface area (TPSA) is 29.5 Å². The van der Waals surface area contributed by atoms with Crippen LogP contribution in [0.4, 0.5) is 0 Å². The molecule has 0 radical (unpaired) electrons. The van der Waals surface area contributed by atoms with E-state index in [0.29, 0.717) is 0 Å². The summed E-state index contributed by atoms with van der Waals surface area (Å²) in [5, 5.41) is 11.5. The second kappa shape index (κ2) is 5.69. The molecule has 0 unspecified atom stereocenters. The monoisotopic (exact) mass is 242 g/mol.